The van der Waals surface area contributed by atoms with E-state index < -0.39 is 10.0 Å². The van der Waals surface area contributed by atoms with Crippen LogP contribution >= 0.6 is 0 Å². The summed E-state index contributed by atoms with van der Waals surface area (Å²) in [5.41, 5.74) is 0.536. The second-order valence-electron chi connectivity index (χ2n) is 5.36. The molecule has 0 heterocycles. The molecule has 1 aliphatic carbocycles. The molecule has 0 saturated heterocycles. The Labute approximate surface area is 125 Å². The minimum atomic E-state index is -3.70. The highest BCUT2D eigenvalue weighted by atomic mass is 32.2. The third-order valence-corrected chi connectivity index (χ3v) is 4.56. The van der Waals surface area contributed by atoms with E-state index in [1.807, 2.05) is 0 Å². The lowest BCUT2D eigenvalue weighted by Gasteiger charge is -2.16. The van der Waals surface area contributed by atoms with Crippen LogP contribution < -0.4 is 15.8 Å². The van der Waals surface area contributed by atoms with Crippen molar-refractivity contribution in [2.24, 2.45) is 5.14 Å². The smallest absolute Gasteiger partial charge is 0.319 e. The molecular formula is C14H21N3O3S. The Morgan fingerprint density at radius 3 is 2.14 bits per heavy atom. The van der Waals surface area contributed by atoms with Gasteiger partial charge in [-0.1, -0.05) is 25.7 Å². The first kappa shape index (κ1) is 15.8. The van der Waals surface area contributed by atoms with Crippen molar-refractivity contribution in [2.75, 3.05) is 5.32 Å². The van der Waals surface area contributed by atoms with E-state index in [2.05, 4.69) is 10.6 Å². The van der Waals surface area contributed by atoms with Crippen LogP contribution in [0.15, 0.2) is 29.2 Å². The van der Waals surface area contributed by atoms with Gasteiger partial charge < -0.3 is 10.6 Å². The van der Waals surface area contributed by atoms with E-state index in [1.165, 1.54) is 37.1 Å². The molecule has 0 spiro atoms. The molecular weight excluding hydrogens is 290 g/mol. The normalized spacial score (nSPS) is 17.0. The van der Waals surface area contributed by atoms with Gasteiger partial charge in [-0.25, -0.2) is 18.4 Å². The first-order chi connectivity index (χ1) is 9.95. The van der Waals surface area contributed by atoms with Gasteiger partial charge in [0, 0.05) is 11.7 Å². The first-order valence-electron chi connectivity index (χ1n) is 7.15. The average molecular weight is 311 g/mol. The summed E-state index contributed by atoms with van der Waals surface area (Å²) in [6.07, 6.45) is 6.78. The zero-order valence-corrected chi connectivity index (χ0v) is 12.7. The SMILES string of the molecule is NS(=O)(=O)c1ccc(NC(=O)NC2CCCCCC2)cc1. The second kappa shape index (κ2) is 6.91. The molecule has 2 amide bonds. The van der Waals surface area contributed by atoms with Crippen LogP contribution in [-0.4, -0.2) is 20.5 Å². The lowest BCUT2D eigenvalue weighted by Crippen LogP contribution is -2.37. The number of anilines is 1. The Morgan fingerprint density at radius 2 is 1.62 bits per heavy atom. The van der Waals surface area contributed by atoms with Crippen molar-refractivity contribution in [1.82, 2.24) is 5.32 Å². The summed E-state index contributed by atoms with van der Waals surface area (Å²) in [5.74, 6) is 0. The lowest BCUT2D eigenvalue weighted by atomic mass is 10.1. The molecule has 4 N–H and O–H groups in total. The van der Waals surface area contributed by atoms with Gasteiger partial charge in [-0.2, -0.15) is 0 Å². The van der Waals surface area contributed by atoms with Crippen LogP contribution in [0.3, 0.4) is 0 Å². The van der Waals surface area contributed by atoms with Gasteiger partial charge in [0.1, 0.15) is 0 Å². The predicted molar refractivity (Wildman–Crippen MR) is 81.5 cm³/mol. The Balaban J connectivity index is 1.90. The summed E-state index contributed by atoms with van der Waals surface area (Å²) in [6, 6.07) is 5.74. The van der Waals surface area contributed by atoms with Crippen molar-refractivity contribution in [1.29, 1.82) is 0 Å². The second-order valence-corrected chi connectivity index (χ2v) is 6.92. The number of primary sulfonamides is 1. The number of hydrogen-bond donors (Lipinski definition) is 3. The Hall–Kier alpha value is -1.60. The zero-order valence-electron chi connectivity index (χ0n) is 11.8. The van der Waals surface area contributed by atoms with Crippen molar-refractivity contribution in [3.8, 4) is 0 Å². The van der Waals surface area contributed by atoms with E-state index in [4.69, 9.17) is 5.14 Å². The molecule has 2 rings (SSSR count). The number of nitrogens with one attached hydrogen (secondary N) is 2. The van der Waals surface area contributed by atoms with Crippen molar-refractivity contribution >= 4 is 21.7 Å². The number of hydrogen-bond acceptors (Lipinski definition) is 3. The van der Waals surface area contributed by atoms with Crippen LogP contribution in [-0.2, 0) is 10.0 Å². The zero-order chi connectivity index (χ0) is 15.3. The van der Waals surface area contributed by atoms with Gasteiger partial charge in [0.15, 0.2) is 0 Å². The Kier molecular flexibility index (Phi) is 5.19. The standard InChI is InChI=1S/C14H21N3O3S/c15-21(19,20)13-9-7-12(8-10-13)17-14(18)16-11-5-3-1-2-4-6-11/h7-11H,1-6H2,(H2,15,19,20)(H2,16,17,18). The summed E-state index contributed by atoms with van der Waals surface area (Å²) in [7, 11) is -3.70. The molecule has 1 saturated carbocycles. The van der Waals surface area contributed by atoms with E-state index in [0.717, 1.165) is 25.7 Å². The number of carbonyl (C=O) groups excluding carboxylic acids is 1. The predicted octanol–water partition coefficient (Wildman–Crippen LogP) is 2.18. The fourth-order valence-electron chi connectivity index (χ4n) is 2.50. The van der Waals surface area contributed by atoms with Crippen molar-refractivity contribution in [2.45, 2.75) is 49.5 Å². The number of sulfonamides is 1. The summed E-state index contributed by atoms with van der Waals surface area (Å²) in [5, 5.41) is 10.7. The van der Waals surface area contributed by atoms with Gasteiger partial charge in [-0.15, -0.1) is 0 Å². The third kappa shape index (κ3) is 5.02. The van der Waals surface area contributed by atoms with Crippen LogP contribution in [0.25, 0.3) is 0 Å². The molecule has 21 heavy (non-hydrogen) atoms. The Morgan fingerprint density at radius 1 is 1.05 bits per heavy atom. The summed E-state index contributed by atoms with van der Waals surface area (Å²) < 4.78 is 22.3. The monoisotopic (exact) mass is 311 g/mol. The van der Waals surface area contributed by atoms with E-state index >= 15 is 0 Å². The quantitative estimate of drug-likeness (QED) is 0.746. The number of carbonyl (C=O) groups is 1. The average Bonchev–Trinajstić information content (AvgIpc) is 2.67. The lowest BCUT2D eigenvalue weighted by molar-refractivity contribution is 0.247. The van der Waals surface area contributed by atoms with Gasteiger partial charge >= 0.3 is 6.03 Å². The van der Waals surface area contributed by atoms with E-state index in [9.17, 15) is 13.2 Å². The Bertz CT molecular complexity index is 576. The molecule has 0 bridgehead atoms. The highest BCUT2D eigenvalue weighted by Gasteiger charge is 2.14. The molecule has 0 aliphatic heterocycles. The van der Waals surface area contributed by atoms with Gasteiger partial charge in [0.05, 0.1) is 4.90 Å². The number of benzene rings is 1. The van der Waals surface area contributed by atoms with Crippen LogP contribution in [0.4, 0.5) is 10.5 Å². The minimum Gasteiger partial charge on any atom is -0.335 e. The van der Waals surface area contributed by atoms with Gasteiger partial charge in [-0.05, 0) is 37.1 Å². The van der Waals surface area contributed by atoms with Crippen LogP contribution in [0.5, 0.6) is 0 Å². The molecule has 0 radical (unpaired) electrons. The van der Waals surface area contributed by atoms with Gasteiger partial charge in [0.25, 0.3) is 0 Å². The maximum atomic E-state index is 11.9. The minimum absolute atomic E-state index is 0.0252. The van der Waals surface area contributed by atoms with Crippen LogP contribution in [0, 0.1) is 0 Å². The highest BCUT2D eigenvalue weighted by molar-refractivity contribution is 7.89. The molecule has 0 unspecified atom stereocenters. The number of rotatable bonds is 3. The highest BCUT2D eigenvalue weighted by Crippen LogP contribution is 2.17. The van der Waals surface area contributed by atoms with Crippen molar-refractivity contribution < 1.29 is 13.2 Å². The molecule has 0 atom stereocenters. The summed E-state index contributed by atoms with van der Waals surface area (Å²) >= 11 is 0. The summed E-state index contributed by atoms with van der Waals surface area (Å²) in [4.78, 5) is 11.9. The first-order valence-corrected chi connectivity index (χ1v) is 8.70. The van der Waals surface area contributed by atoms with Crippen LogP contribution in [0.1, 0.15) is 38.5 Å². The topological polar surface area (TPSA) is 101 Å². The van der Waals surface area contributed by atoms with Gasteiger partial charge in [-0.3, -0.25) is 0 Å². The van der Waals surface area contributed by atoms with E-state index in [1.54, 1.807) is 0 Å². The largest absolute Gasteiger partial charge is 0.335 e. The maximum Gasteiger partial charge on any atom is 0.319 e. The molecule has 1 aromatic rings. The number of urea groups is 1. The molecule has 6 nitrogen and oxygen atoms in total. The van der Waals surface area contributed by atoms with Gasteiger partial charge in [0.2, 0.25) is 10.0 Å². The molecule has 1 aromatic carbocycles. The van der Waals surface area contributed by atoms with E-state index in [-0.39, 0.29) is 17.0 Å². The fourth-order valence-corrected chi connectivity index (χ4v) is 3.02. The molecule has 1 fully saturated rings. The number of nitrogens with two attached hydrogens (primary N) is 1. The van der Waals surface area contributed by atoms with Crippen molar-refractivity contribution in [3.63, 3.8) is 0 Å². The van der Waals surface area contributed by atoms with E-state index in [0.29, 0.717) is 5.69 Å². The fraction of sp³-hybridized carbons (Fsp3) is 0.500. The molecule has 0 aromatic heterocycles. The maximum absolute atomic E-state index is 11.9. The molecule has 116 valence electrons. The third-order valence-electron chi connectivity index (χ3n) is 3.63. The van der Waals surface area contributed by atoms with Crippen LogP contribution in [0.2, 0.25) is 0 Å². The summed E-state index contributed by atoms with van der Waals surface area (Å²) in [6.45, 7) is 0. The molecule has 1 aliphatic rings. The number of amides is 2. The molecule has 7 heteroatoms. The van der Waals surface area contributed by atoms with Crippen molar-refractivity contribution in [3.05, 3.63) is 24.3 Å².